The molecule has 0 bridgehead atoms. The summed E-state index contributed by atoms with van der Waals surface area (Å²) in [5.41, 5.74) is 10.4. The van der Waals surface area contributed by atoms with E-state index >= 15 is 0 Å². The van der Waals surface area contributed by atoms with Crippen molar-refractivity contribution in [3.8, 4) is 23.0 Å². The number of pyridine rings is 1. The molecule has 7 nitrogen and oxygen atoms in total. The molecule has 0 fully saturated rings. The van der Waals surface area contributed by atoms with E-state index in [9.17, 15) is 4.79 Å². The van der Waals surface area contributed by atoms with Crippen LogP contribution in [-0.2, 0) is 0 Å². The Balaban J connectivity index is 1.60. The molecule has 0 spiro atoms. The van der Waals surface area contributed by atoms with Gasteiger partial charge in [-0.15, -0.1) is 0 Å². The van der Waals surface area contributed by atoms with E-state index in [1.807, 2.05) is 37.3 Å². The first-order valence-electron chi connectivity index (χ1n) is 9.90. The van der Waals surface area contributed by atoms with E-state index < -0.39 is 0 Å². The van der Waals surface area contributed by atoms with Gasteiger partial charge >= 0.3 is 0 Å². The zero-order valence-corrected chi connectivity index (χ0v) is 17.4. The van der Waals surface area contributed by atoms with Crippen molar-refractivity contribution >= 4 is 17.5 Å². The van der Waals surface area contributed by atoms with Crippen LogP contribution in [0.25, 0.3) is 22.5 Å². The number of nitrogens with two attached hydrogens (primary N) is 1. The standard InChI is InChI=1S/C25H20N6O/c1-17-24(20-9-7-18(13-26)8-10-20)25(32)31(30-17)23-12-11-22(16-29-23)28-15-21(14-27)19-5-3-2-4-6-19/h2-12,14-16,30H,27H2,1H3/b21-14+,28-15?. The van der Waals surface area contributed by atoms with E-state index in [0.717, 1.165) is 16.7 Å². The predicted molar refractivity (Wildman–Crippen MR) is 126 cm³/mol. The Bertz CT molecular complexity index is 1390. The van der Waals surface area contributed by atoms with Crippen molar-refractivity contribution in [2.75, 3.05) is 0 Å². The van der Waals surface area contributed by atoms with Gasteiger partial charge in [0.1, 0.15) is 0 Å². The summed E-state index contributed by atoms with van der Waals surface area (Å²) in [6.45, 7) is 1.83. The molecule has 2 heterocycles. The molecule has 3 N–H and O–H groups in total. The third kappa shape index (κ3) is 4.11. The molecule has 0 saturated carbocycles. The van der Waals surface area contributed by atoms with E-state index in [-0.39, 0.29) is 5.56 Å². The summed E-state index contributed by atoms with van der Waals surface area (Å²) in [4.78, 5) is 21.8. The van der Waals surface area contributed by atoms with Crippen LogP contribution in [-0.4, -0.2) is 21.0 Å². The SMILES string of the molecule is Cc1[nH]n(-c2ccc(N=C/C(=C\N)c3ccccc3)cn2)c(=O)c1-c1ccc(C#N)cc1. The lowest BCUT2D eigenvalue weighted by Gasteiger charge is -2.02. The molecule has 0 saturated heterocycles. The number of benzene rings is 2. The van der Waals surface area contributed by atoms with Gasteiger partial charge in [-0.2, -0.15) is 5.26 Å². The van der Waals surface area contributed by atoms with E-state index in [2.05, 4.69) is 21.1 Å². The Morgan fingerprint density at radius 2 is 1.88 bits per heavy atom. The lowest BCUT2D eigenvalue weighted by molar-refractivity contribution is 0.807. The van der Waals surface area contributed by atoms with Gasteiger partial charge in [-0.05, 0) is 42.3 Å². The van der Waals surface area contributed by atoms with Gasteiger partial charge in [0.25, 0.3) is 5.56 Å². The molecular weight excluding hydrogens is 400 g/mol. The van der Waals surface area contributed by atoms with Crippen molar-refractivity contribution in [2.24, 2.45) is 10.7 Å². The third-order valence-electron chi connectivity index (χ3n) is 4.97. The second-order valence-corrected chi connectivity index (χ2v) is 7.06. The minimum absolute atomic E-state index is 0.214. The Morgan fingerprint density at radius 3 is 2.50 bits per heavy atom. The highest BCUT2D eigenvalue weighted by Gasteiger charge is 2.15. The topological polar surface area (TPSA) is 113 Å². The van der Waals surface area contributed by atoms with Crippen LogP contribution in [0.1, 0.15) is 16.8 Å². The van der Waals surface area contributed by atoms with Crippen molar-refractivity contribution in [2.45, 2.75) is 6.92 Å². The smallest absolute Gasteiger partial charge is 0.280 e. The molecule has 32 heavy (non-hydrogen) atoms. The number of aromatic amines is 1. The molecule has 0 aliphatic rings. The fourth-order valence-electron chi connectivity index (χ4n) is 3.33. The van der Waals surface area contributed by atoms with Crippen LogP contribution >= 0.6 is 0 Å². The Morgan fingerprint density at radius 1 is 1.12 bits per heavy atom. The Hall–Kier alpha value is -4.70. The Kier molecular flexibility index (Phi) is 5.77. The molecule has 4 aromatic rings. The summed E-state index contributed by atoms with van der Waals surface area (Å²) >= 11 is 0. The zero-order chi connectivity index (χ0) is 22.5. The number of aromatic nitrogens is 3. The van der Waals surface area contributed by atoms with Crippen LogP contribution in [0.4, 0.5) is 5.69 Å². The van der Waals surface area contributed by atoms with Crippen LogP contribution in [0.2, 0.25) is 0 Å². The second-order valence-electron chi connectivity index (χ2n) is 7.06. The highest BCUT2D eigenvalue weighted by molar-refractivity contribution is 6.10. The first kappa shape index (κ1) is 20.6. The summed E-state index contributed by atoms with van der Waals surface area (Å²) in [6, 6.07) is 22.2. The molecule has 0 radical (unpaired) electrons. The number of allylic oxidation sites excluding steroid dienone is 1. The number of aryl methyl sites for hydroxylation is 1. The molecule has 156 valence electrons. The van der Waals surface area contributed by atoms with E-state index in [1.54, 1.807) is 48.8 Å². The first-order chi connectivity index (χ1) is 15.6. The molecule has 0 atom stereocenters. The van der Waals surface area contributed by atoms with E-state index in [0.29, 0.717) is 28.3 Å². The number of hydrogen-bond acceptors (Lipinski definition) is 5. The second kappa shape index (κ2) is 8.98. The lowest BCUT2D eigenvalue weighted by atomic mass is 10.1. The van der Waals surface area contributed by atoms with Gasteiger partial charge in [-0.1, -0.05) is 42.5 Å². The fraction of sp³-hybridized carbons (Fsp3) is 0.0400. The minimum Gasteiger partial charge on any atom is -0.404 e. The number of H-pyrrole nitrogens is 1. The van der Waals surface area contributed by atoms with Gasteiger partial charge in [0, 0.05) is 23.7 Å². The molecule has 0 unspecified atom stereocenters. The van der Waals surface area contributed by atoms with Crippen molar-refractivity contribution in [1.29, 1.82) is 5.26 Å². The number of aliphatic imine (C=N–C) groups is 1. The maximum atomic E-state index is 13.0. The molecule has 2 aromatic heterocycles. The first-order valence-corrected chi connectivity index (χ1v) is 9.90. The highest BCUT2D eigenvalue weighted by Crippen LogP contribution is 2.21. The molecule has 7 heteroatoms. The zero-order valence-electron chi connectivity index (χ0n) is 17.4. The van der Waals surface area contributed by atoms with Gasteiger partial charge in [0.15, 0.2) is 5.82 Å². The van der Waals surface area contributed by atoms with Crippen molar-refractivity contribution in [3.63, 3.8) is 0 Å². The minimum atomic E-state index is -0.214. The van der Waals surface area contributed by atoms with Gasteiger partial charge < -0.3 is 5.73 Å². The van der Waals surface area contributed by atoms with Crippen LogP contribution in [0, 0.1) is 18.3 Å². The monoisotopic (exact) mass is 420 g/mol. The fourth-order valence-corrected chi connectivity index (χ4v) is 3.33. The third-order valence-corrected chi connectivity index (χ3v) is 4.97. The number of hydrogen-bond donors (Lipinski definition) is 2. The number of nitriles is 1. The summed E-state index contributed by atoms with van der Waals surface area (Å²) < 4.78 is 1.39. The molecule has 4 rings (SSSR count). The molecule has 0 aliphatic carbocycles. The van der Waals surface area contributed by atoms with Crippen molar-refractivity contribution in [1.82, 2.24) is 14.8 Å². The number of nitrogens with zero attached hydrogens (tertiary/aromatic N) is 4. The van der Waals surface area contributed by atoms with Gasteiger partial charge in [-0.3, -0.25) is 14.9 Å². The largest absolute Gasteiger partial charge is 0.404 e. The van der Waals surface area contributed by atoms with Crippen LogP contribution < -0.4 is 11.3 Å². The van der Waals surface area contributed by atoms with E-state index in [1.165, 1.54) is 10.9 Å². The van der Waals surface area contributed by atoms with E-state index in [4.69, 9.17) is 11.0 Å². The quantitative estimate of drug-likeness (QED) is 0.473. The van der Waals surface area contributed by atoms with Gasteiger partial charge in [0.05, 0.1) is 29.1 Å². The summed E-state index contributed by atoms with van der Waals surface area (Å²) in [5.74, 6) is 0.453. The highest BCUT2D eigenvalue weighted by atomic mass is 16.1. The van der Waals surface area contributed by atoms with Crippen LogP contribution in [0.3, 0.4) is 0 Å². The molecule has 0 aliphatic heterocycles. The van der Waals surface area contributed by atoms with Crippen molar-refractivity contribution in [3.05, 3.63) is 106 Å². The number of nitrogens with one attached hydrogen (secondary N) is 1. The average molecular weight is 420 g/mol. The summed E-state index contributed by atoms with van der Waals surface area (Å²) in [5, 5.41) is 12.0. The van der Waals surface area contributed by atoms with Crippen molar-refractivity contribution < 1.29 is 0 Å². The maximum Gasteiger partial charge on any atom is 0.280 e. The molecule has 2 aromatic carbocycles. The van der Waals surface area contributed by atoms with Gasteiger partial charge in [-0.25, -0.2) is 9.67 Å². The summed E-state index contributed by atoms with van der Waals surface area (Å²) in [7, 11) is 0. The molecule has 0 amide bonds. The molecular formula is C25H20N6O. The Labute approximate surface area is 184 Å². The number of rotatable bonds is 5. The van der Waals surface area contributed by atoms with Crippen LogP contribution in [0.5, 0.6) is 0 Å². The predicted octanol–water partition coefficient (Wildman–Crippen LogP) is 4.11. The average Bonchev–Trinajstić information content (AvgIpc) is 3.14. The normalized spacial score (nSPS) is 11.6. The lowest BCUT2D eigenvalue weighted by Crippen LogP contribution is -2.16. The van der Waals surface area contributed by atoms with Gasteiger partial charge in [0.2, 0.25) is 0 Å². The summed E-state index contributed by atoms with van der Waals surface area (Å²) in [6.07, 6.45) is 4.78. The van der Waals surface area contributed by atoms with Crippen LogP contribution in [0.15, 0.2) is 88.9 Å². The maximum absolute atomic E-state index is 13.0.